The second-order valence-electron chi connectivity index (χ2n) is 4.78. The van der Waals surface area contributed by atoms with Gasteiger partial charge in [0.1, 0.15) is 5.84 Å². The van der Waals surface area contributed by atoms with E-state index in [0.29, 0.717) is 23.1 Å². The van der Waals surface area contributed by atoms with Crippen LogP contribution < -0.4 is 5.73 Å². The lowest BCUT2D eigenvalue weighted by Gasteiger charge is -2.03. The predicted octanol–water partition coefficient (Wildman–Crippen LogP) is 1.93. The highest BCUT2D eigenvalue weighted by Crippen LogP contribution is 2.22. The number of hydrogen-bond donors (Lipinski definition) is 1. The van der Waals surface area contributed by atoms with E-state index in [2.05, 4.69) is 15.0 Å². The van der Waals surface area contributed by atoms with E-state index in [0.717, 1.165) is 16.7 Å². The van der Waals surface area contributed by atoms with Crippen molar-refractivity contribution in [3.05, 3.63) is 76.2 Å². The lowest BCUT2D eigenvalue weighted by molar-refractivity contribution is 1.52. The highest BCUT2D eigenvalue weighted by atomic mass is 15.1. The number of nitrogens with zero attached hydrogens (tertiary/aromatic N) is 4. The van der Waals surface area contributed by atoms with Gasteiger partial charge < -0.3 is 16.1 Å². The van der Waals surface area contributed by atoms with Crippen LogP contribution in [0.5, 0.6) is 0 Å². The number of aliphatic imine (C=N–C) groups is 3. The molecule has 0 spiro atoms. The first-order valence-electron chi connectivity index (χ1n) is 6.51. The van der Waals surface area contributed by atoms with Crippen LogP contribution >= 0.6 is 0 Å². The van der Waals surface area contributed by atoms with Gasteiger partial charge in [-0.1, -0.05) is 54.4 Å². The fraction of sp³-hybridized carbons (Fsp3) is 0. The van der Waals surface area contributed by atoms with E-state index in [1.807, 2.05) is 48.5 Å². The van der Waals surface area contributed by atoms with E-state index < -0.39 is 0 Å². The number of amidine groups is 4. The van der Waals surface area contributed by atoms with Crippen molar-refractivity contribution in [2.75, 3.05) is 0 Å². The average Bonchev–Trinajstić information content (AvgIpc) is 3.00. The summed E-state index contributed by atoms with van der Waals surface area (Å²) in [4.78, 5) is 12.9. The van der Waals surface area contributed by atoms with Crippen molar-refractivity contribution in [2.24, 2.45) is 20.7 Å². The normalized spacial score (nSPS) is 17.5. The fourth-order valence-electron chi connectivity index (χ4n) is 2.50. The summed E-state index contributed by atoms with van der Waals surface area (Å²) in [5.41, 5.74) is 9.13. The fourth-order valence-corrected chi connectivity index (χ4v) is 2.50. The highest BCUT2D eigenvalue weighted by molar-refractivity contribution is 6.29. The van der Waals surface area contributed by atoms with E-state index in [-0.39, 0.29) is 5.84 Å². The Morgan fingerprint density at radius 3 is 2.19 bits per heavy atom. The van der Waals surface area contributed by atoms with Gasteiger partial charge >= 0.3 is 0 Å². The highest BCUT2D eigenvalue weighted by Gasteiger charge is 2.20. The molecule has 2 aromatic rings. The maximum atomic E-state index is 9.87. The Bertz CT molecular complexity index is 874. The zero-order valence-corrected chi connectivity index (χ0v) is 11.0. The van der Waals surface area contributed by atoms with Crippen LogP contribution in [0.3, 0.4) is 0 Å². The van der Waals surface area contributed by atoms with Crippen LogP contribution in [-0.4, -0.2) is 23.3 Å². The lowest BCUT2D eigenvalue weighted by Crippen LogP contribution is -2.09. The first-order valence-corrected chi connectivity index (χ1v) is 6.51. The van der Waals surface area contributed by atoms with Crippen LogP contribution in [0, 0.1) is 0 Å². The van der Waals surface area contributed by atoms with Crippen LogP contribution in [0.1, 0.15) is 22.3 Å². The molecule has 0 saturated carbocycles. The van der Waals surface area contributed by atoms with Gasteiger partial charge in [0.25, 0.3) is 0 Å². The van der Waals surface area contributed by atoms with E-state index in [1.165, 1.54) is 0 Å². The van der Waals surface area contributed by atoms with E-state index in [9.17, 15) is 5.41 Å². The number of nitrogens with two attached hydrogens (primary N) is 1. The Morgan fingerprint density at radius 1 is 0.810 bits per heavy atom. The van der Waals surface area contributed by atoms with Gasteiger partial charge in [-0.15, -0.1) is 0 Å². The summed E-state index contributed by atoms with van der Waals surface area (Å²) in [7, 11) is 0. The third-order valence-corrected chi connectivity index (χ3v) is 3.50. The van der Waals surface area contributed by atoms with Gasteiger partial charge in [-0.2, -0.15) is 0 Å². The Hall–Kier alpha value is -3.08. The predicted molar refractivity (Wildman–Crippen MR) is 84.2 cm³/mol. The van der Waals surface area contributed by atoms with E-state index in [1.54, 1.807) is 0 Å². The summed E-state index contributed by atoms with van der Waals surface area (Å²) in [6.07, 6.45) is 0. The summed E-state index contributed by atoms with van der Waals surface area (Å²) in [6, 6.07) is 15.1. The van der Waals surface area contributed by atoms with Crippen LogP contribution in [0.4, 0.5) is 0 Å². The zero-order chi connectivity index (χ0) is 14.4. The molecule has 21 heavy (non-hydrogen) atoms. The number of benzene rings is 2. The average molecular weight is 272 g/mol. The monoisotopic (exact) mass is 272 g/mol. The molecule has 2 aliphatic heterocycles. The molecule has 0 amide bonds. The van der Waals surface area contributed by atoms with Crippen molar-refractivity contribution in [1.82, 2.24) is 0 Å². The molecule has 0 aliphatic carbocycles. The van der Waals surface area contributed by atoms with Crippen LogP contribution in [-0.2, 0) is 0 Å². The van der Waals surface area contributed by atoms with Gasteiger partial charge in [0.05, 0.1) is 5.84 Å². The molecule has 0 bridgehead atoms. The molecule has 2 N–H and O–H groups in total. The molecule has 5 nitrogen and oxygen atoms in total. The second-order valence-corrected chi connectivity index (χ2v) is 4.78. The smallest absolute Gasteiger partial charge is 0.162 e. The maximum Gasteiger partial charge on any atom is 0.162 e. The topological polar surface area (TPSA) is 85.4 Å². The first kappa shape index (κ1) is 11.7. The minimum atomic E-state index is -0.0202. The Kier molecular flexibility index (Phi) is 2.35. The molecule has 0 unspecified atom stereocenters. The molecule has 2 aliphatic rings. The molecule has 4 rings (SSSR count). The van der Waals surface area contributed by atoms with Crippen molar-refractivity contribution < 1.29 is 0 Å². The standard InChI is InChI=1S/C16H10N5/c17-13-9-5-1-3-7-11(9)15(19-13)21-16-12-8-4-2-6-10(12)14(18)20-16/h1-8H,(H2-,17,18,19,20,21)/q-1. The molecular weight excluding hydrogens is 262 g/mol. The summed E-state index contributed by atoms with van der Waals surface area (Å²) in [6.45, 7) is 0. The summed E-state index contributed by atoms with van der Waals surface area (Å²) < 4.78 is 0. The molecule has 2 heterocycles. The molecular formula is C16H10N5-. The minimum absolute atomic E-state index is 0.0202. The first-order chi connectivity index (χ1) is 10.2. The molecule has 0 radical (unpaired) electrons. The summed E-state index contributed by atoms with van der Waals surface area (Å²) in [5, 5.41) is 9.87. The summed E-state index contributed by atoms with van der Waals surface area (Å²) in [5.74, 6) is 1.40. The van der Waals surface area contributed by atoms with Gasteiger partial charge in [-0.05, 0) is 5.56 Å². The van der Waals surface area contributed by atoms with Crippen molar-refractivity contribution in [2.45, 2.75) is 0 Å². The zero-order valence-electron chi connectivity index (χ0n) is 11.0. The molecule has 5 heteroatoms. The number of hydrogen-bond acceptors (Lipinski definition) is 2. The SMILES string of the molecule is [N-]=C1N=C(N=C2N=C(N)c3ccccc32)c2ccccc21. The Balaban J connectivity index is 1.85. The largest absolute Gasteiger partial charge is 0.464 e. The van der Waals surface area contributed by atoms with Gasteiger partial charge in [-0.25, -0.2) is 9.98 Å². The van der Waals surface area contributed by atoms with Crippen molar-refractivity contribution in [1.29, 1.82) is 0 Å². The van der Waals surface area contributed by atoms with Crippen molar-refractivity contribution >= 4 is 23.3 Å². The molecule has 100 valence electrons. The lowest BCUT2D eigenvalue weighted by atomic mass is 10.1. The molecule has 2 aromatic carbocycles. The second kappa shape index (κ2) is 4.21. The third-order valence-electron chi connectivity index (χ3n) is 3.50. The Labute approximate surface area is 121 Å². The van der Waals surface area contributed by atoms with Crippen LogP contribution in [0.2, 0.25) is 0 Å². The molecule has 0 fully saturated rings. The number of fused-ring (bicyclic) bond motifs is 2. The van der Waals surface area contributed by atoms with Gasteiger partial charge in [0, 0.05) is 16.7 Å². The van der Waals surface area contributed by atoms with Gasteiger partial charge in [-0.3, -0.25) is 0 Å². The van der Waals surface area contributed by atoms with E-state index >= 15 is 0 Å². The Morgan fingerprint density at radius 2 is 1.43 bits per heavy atom. The van der Waals surface area contributed by atoms with Crippen LogP contribution in [0.15, 0.2) is 63.5 Å². The molecule has 0 saturated heterocycles. The van der Waals surface area contributed by atoms with Gasteiger partial charge in [0.15, 0.2) is 5.84 Å². The van der Waals surface area contributed by atoms with Crippen molar-refractivity contribution in [3.8, 4) is 0 Å². The quantitative estimate of drug-likeness (QED) is 0.780. The third kappa shape index (κ3) is 1.71. The number of rotatable bonds is 0. The molecule has 0 aromatic heterocycles. The van der Waals surface area contributed by atoms with Crippen molar-refractivity contribution in [3.63, 3.8) is 0 Å². The molecule has 0 atom stereocenters. The van der Waals surface area contributed by atoms with Crippen LogP contribution in [0.25, 0.3) is 5.41 Å². The minimum Gasteiger partial charge on any atom is -0.464 e. The van der Waals surface area contributed by atoms with Gasteiger partial charge in [0.2, 0.25) is 0 Å². The maximum absolute atomic E-state index is 9.87. The summed E-state index contributed by atoms with van der Waals surface area (Å²) >= 11 is 0. The van der Waals surface area contributed by atoms with E-state index in [4.69, 9.17) is 5.73 Å².